The number of hydrogen-bond donors (Lipinski definition) is 3. The van der Waals surface area contributed by atoms with Crippen LogP contribution in [0.4, 0.5) is 5.69 Å². The van der Waals surface area contributed by atoms with Crippen LogP contribution in [0, 0.1) is 0 Å². The molecule has 0 aliphatic carbocycles. The van der Waals surface area contributed by atoms with Crippen molar-refractivity contribution in [1.29, 1.82) is 0 Å². The number of benzene rings is 1. The van der Waals surface area contributed by atoms with Crippen molar-refractivity contribution in [3.05, 3.63) is 23.8 Å². The molecule has 0 bridgehead atoms. The minimum atomic E-state index is -3.87. The first-order valence-electron chi connectivity index (χ1n) is 6.82. The number of rotatable bonds is 8. The SMILES string of the molecule is COC[C@H](C)NS(=O)(=O)c1cc(C(=O)O)ccc1NC(C)C. The molecule has 0 saturated carbocycles. The number of anilines is 1. The lowest BCUT2D eigenvalue weighted by molar-refractivity contribution is 0.0696. The zero-order valence-electron chi connectivity index (χ0n) is 13.1. The highest BCUT2D eigenvalue weighted by Gasteiger charge is 2.23. The van der Waals surface area contributed by atoms with Gasteiger partial charge in [-0.05, 0) is 39.0 Å². The fourth-order valence-corrected chi connectivity index (χ4v) is 3.34. The molecular formula is C14H22N2O5S. The van der Waals surface area contributed by atoms with E-state index < -0.39 is 22.0 Å². The van der Waals surface area contributed by atoms with E-state index in [4.69, 9.17) is 9.84 Å². The zero-order chi connectivity index (χ0) is 16.9. The van der Waals surface area contributed by atoms with Gasteiger partial charge in [-0.2, -0.15) is 0 Å². The second-order valence-electron chi connectivity index (χ2n) is 5.29. The summed E-state index contributed by atoms with van der Waals surface area (Å²) < 4.78 is 32.4. The standard InChI is InChI=1S/C14H22N2O5S/c1-9(2)15-12-6-5-11(14(17)18)7-13(12)22(19,20)16-10(3)8-21-4/h5-7,9-10,15-16H,8H2,1-4H3,(H,17,18)/t10-/m0/s1. The van der Waals surface area contributed by atoms with Crippen LogP contribution in [0.3, 0.4) is 0 Å². The third kappa shape index (κ3) is 4.97. The van der Waals surface area contributed by atoms with Gasteiger partial charge in [-0.1, -0.05) is 0 Å². The second-order valence-corrected chi connectivity index (χ2v) is 6.98. The molecule has 0 unspecified atom stereocenters. The van der Waals surface area contributed by atoms with Crippen LogP contribution in [-0.4, -0.2) is 45.3 Å². The number of hydrogen-bond acceptors (Lipinski definition) is 5. The molecule has 0 heterocycles. The van der Waals surface area contributed by atoms with E-state index in [1.165, 1.54) is 19.2 Å². The Morgan fingerprint density at radius 3 is 2.45 bits per heavy atom. The van der Waals surface area contributed by atoms with Gasteiger partial charge in [-0.3, -0.25) is 0 Å². The summed E-state index contributed by atoms with van der Waals surface area (Å²) in [6, 6.07) is 3.54. The molecular weight excluding hydrogens is 308 g/mol. The Morgan fingerprint density at radius 1 is 1.32 bits per heavy atom. The fraction of sp³-hybridized carbons (Fsp3) is 0.500. The molecule has 1 rings (SSSR count). The molecule has 0 spiro atoms. The van der Waals surface area contributed by atoms with Crippen molar-refractivity contribution in [3.63, 3.8) is 0 Å². The van der Waals surface area contributed by atoms with Crippen LogP contribution in [0.15, 0.2) is 23.1 Å². The molecule has 124 valence electrons. The van der Waals surface area contributed by atoms with Crippen molar-refractivity contribution in [2.45, 2.75) is 37.8 Å². The Hall–Kier alpha value is -1.64. The van der Waals surface area contributed by atoms with Crippen molar-refractivity contribution in [3.8, 4) is 0 Å². The number of carboxylic acids is 1. The minimum Gasteiger partial charge on any atom is -0.478 e. The number of carbonyl (C=O) groups is 1. The number of aromatic carboxylic acids is 1. The smallest absolute Gasteiger partial charge is 0.335 e. The zero-order valence-corrected chi connectivity index (χ0v) is 13.9. The quantitative estimate of drug-likeness (QED) is 0.667. The van der Waals surface area contributed by atoms with Crippen LogP contribution in [0.2, 0.25) is 0 Å². The maximum Gasteiger partial charge on any atom is 0.335 e. The maximum absolute atomic E-state index is 12.5. The van der Waals surface area contributed by atoms with E-state index in [1.807, 2.05) is 13.8 Å². The van der Waals surface area contributed by atoms with Gasteiger partial charge in [0.05, 0.1) is 17.9 Å². The van der Waals surface area contributed by atoms with Gasteiger partial charge in [0, 0.05) is 19.2 Å². The Balaban J connectivity index is 3.27. The second kappa shape index (κ2) is 7.57. The molecule has 0 amide bonds. The largest absolute Gasteiger partial charge is 0.478 e. The summed E-state index contributed by atoms with van der Waals surface area (Å²) in [6.07, 6.45) is 0. The summed E-state index contributed by atoms with van der Waals surface area (Å²) in [5.74, 6) is -1.18. The first-order valence-corrected chi connectivity index (χ1v) is 8.31. The van der Waals surface area contributed by atoms with E-state index >= 15 is 0 Å². The number of methoxy groups -OCH3 is 1. The van der Waals surface area contributed by atoms with Gasteiger partial charge in [0.1, 0.15) is 4.90 Å². The van der Waals surface area contributed by atoms with E-state index in [9.17, 15) is 13.2 Å². The number of carboxylic acid groups (broad SMARTS) is 1. The number of nitrogens with one attached hydrogen (secondary N) is 2. The van der Waals surface area contributed by atoms with Crippen molar-refractivity contribution in [2.75, 3.05) is 19.0 Å². The van der Waals surface area contributed by atoms with Crippen molar-refractivity contribution >= 4 is 21.7 Å². The van der Waals surface area contributed by atoms with Gasteiger partial charge in [-0.15, -0.1) is 0 Å². The topological polar surface area (TPSA) is 105 Å². The molecule has 0 aliphatic rings. The third-order valence-corrected chi connectivity index (χ3v) is 4.36. The Bertz CT molecular complexity index is 628. The van der Waals surface area contributed by atoms with Crippen LogP contribution < -0.4 is 10.0 Å². The number of sulfonamides is 1. The molecule has 1 aromatic rings. The first kappa shape index (κ1) is 18.4. The van der Waals surface area contributed by atoms with Crippen LogP contribution in [-0.2, 0) is 14.8 Å². The molecule has 3 N–H and O–H groups in total. The third-order valence-electron chi connectivity index (χ3n) is 2.74. The van der Waals surface area contributed by atoms with E-state index in [-0.39, 0.29) is 23.1 Å². The summed E-state index contributed by atoms with van der Waals surface area (Å²) in [7, 11) is -2.40. The molecule has 7 nitrogen and oxygen atoms in total. The summed E-state index contributed by atoms with van der Waals surface area (Å²) in [5, 5.41) is 12.1. The number of ether oxygens (including phenoxy) is 1. The minimum absolute atomic E-state index is 0.000951. The molecule has 1 atom stereocenters. The molecule has 22 heavy (non-hydrogen) atoms. The van der Waals surface area contributed by atoms with E-state index in [1.54, 1.807) is 6.92 Å². The van der Waals surface area contributed by atoms with Gasteiger partial charge < -0.3 is 15.2 Å². The normalized spacial score (nSPS) is 13.1. The lowest BCUT2D eigenvalue weighted by Crippen LogP contribution is -2.36. The van der Waals surface area contributed by atoms with Gasteiger partial charge >= 0.3 is 5.97 Å². The predicted octanol–water partition coefficient (Wildman–Crippen LogP) is 1.52. The monoisotopic (exact) mass is 330 g/mol. The summed E-state index contributed by atoms with van der Waals surface area (Å²) >= 11 is 0. The van der Waals surface area contributed by atoms with Gasteiger partial charge in [0.2, 0.25) is 10.0 Å². The van der Waals surface area contributed by atoms with Crippen molar-refractivity contribution in [2.24, 2.45) is 0 Å². The predicted molar refractivity (Wildman–Crippen MR) is 83.8 cm³/mol. The molecule has 0 aromatic heterocycles. The van der Waals surface area contributed by atoms with Gasteiger partial charge in [0.25, 0.3) is 0 Å². The molecule has 0 fully saturated rings. The Labute approximate surface area is 130 Å². The van der Waals surface area contributed by atoms with Gasteiger partial charge in [0.15, 0.2) is 0 Å². The molecule has 8 heteroatoms. The Morgan fingerprint density at radius 2 is 1.95 bits per heavy atom. The van der Waals surface area contributed by atoms with E-state index in [0.29, 0.717) is 5.69 Å². The molecule has 0 saturated heterocycles. The summed E-state index contributed by atoms with van der Waals surface area (Å²) in [5.41, 5.74) is 0.270. The van der Waals surface area contributed by atoms with Crippen molar-refractivity contribution in [1.82, 2.24) is 4.72 Å². The lowest BCUT2D eigenvalue weighted by Gasteiger charge is -2.18. The van der Waals surface area contributed by atoms with Crippen LogP contribution >= 0.6 is 0 Å². The summed E-state index contributed by atoms with van der Waals surface area (Å²) in [4.78, 5) is 11.0. The first-order chi connectivity index (χ1) is 10.2. The molecule has 0 aliphatic heterocycles. The van der Waals surface area contributed by atoms with Crippen LogP contribution in [0.25, 0.3) is 0 Å². The maximum atomic E-state index is 12.5. The highest BCUT2D eigenvalue weighted by molar-refractivity contribution is 7.89. The molecule has 0 radical (unpaired) electrons. The fourth-order valence-electron chi connectivity index (χ4n) is 1.92. The van der Waals surface area contributed by atoms with Crippen molar-refractivity contribution < 1.29 is 23.1 Å². The van der Waals surface area contributed by atoms with Crippen LogP contribution in [0.5, 0.6) is 0 Å². The van der Waals surface area contributed by atoms with Crippen LogP contribution in [0.1, 0.15) is 31.1 Å². The lowest BCUT2D eigenvalue weighted by atomic mass is 10.2. The van der Waals surface area contributed by atoms with Gasteiger partial charge in [-0.25, -0.2) is 17.9 Å². The Kier molecular flexibility index (Phi) is 6.34. The van der Waals surface area contributed by atoms with E-state index in [2.05, 4.69) is 10.0 Å². The van der Waals surface area contributed by atoms with E-state index in [0.717, 1.165) is 6.07 Å². The molecule has 1 aromatic carbocycles. The summed E-state index contributed by atoms with van der Waals surface area (Å²) in [6.45, 7) is 5.60. The highest BCUT2D eigenvalue weighted by atomic mass is 32.2. The highest BCUT2D eigenvalue weighted by Crippen LogP contribution is 2.24. The average molecular weight is 330 g/mol. The average Bonchev–Trinajstić information content (AvgIpc) is 2.37.